The average molecular weight is 312 g/mol. The smallest absolute Gasteiger partial charge is 0.339 e. The van der Waals surface area contributed by atoms with E-state index in [1.807, 2.05) is 32.9 Å². The average Bonchev–Trinajstić information content (AvgIpc) is 2.45. The number of carbonyl (C=O) groups excluding carboxylic acids is 1. The molecule has 0 spiro atoms. The molecule has 0 aliphatic heterocycles. The second-order valence-electron chi connectivity index (χ2n) is 5.71. The zero-order valence-corrected chi connectivity index (χ0v) is 13.7. The molecule has 4 heteroatoms. The molecule has 0 aliphatic carbocycles. The van der Waals surface area contributed by atoms with E-state index in [4.69, 9.17) is 4.74 Å². The number of hydrogen-bond donors (Lipinski definition) is 1. The molecule has 0 aliphatic rings. The summed E-state index contributed by atoms with van der Waals surface area (Å²) in [6.07, 6.45) is -0.454. The monoisotopic (exact) mass is 312 g/mol. The Labute approximate surface area is 135 Å². The first kappa shape index (κ1) is 16.7. The summed E-state index contributed by atoms with van der Waals surface area (Å²) in [4.78, 5) is 23.6. The van der Waals surface area contributed by atoms with Crippen LogP contribution in [0.5, 0.6) is 0 Å². The maximum absolute atomic E-state index is 12.4. The molecule has 2 rings (SSSR count). The highest BCUT2D eigenvalue weighted by atomic mass is 16.5. The van der Waals surface area contributed by atoms with Gasteiger partial charge in [0.2, 0.25) is 0 Å². The van der Waals surface area contributed by atoms with Gasteiger partial charge in [-0.1, -0.05) is 29.8 Å². The number of hydrogen-bond acceptors (Lipinski definition) is 3. The number of aryl methyl sites for hydroxylation is 3. The van der Waals surface area contributed by atoms with E-state index in [0.717, 1.165) is 22.3 Å². The van der Waals surface area contributed by atoms with Crippen molar-refractivity contribution in [3.8, 4) is 0 Å². The fraction of sp³-hybridized carbons (Fsp3) is 0.263. The van der Waals surface area contributed by atoms with Crippen molar-refractivity contribution in [1.82, 2.24) is 0 Å². The molecule has 1 N–H and O–H groups in total. The van der Waals surface area contributed by atoms with Crippen LogP contribution in [0.3, 0.4) is 0 Å². The molecule has 0 bridgehead atoms. The lowest BCUT2D eigenvalue weighted by molar-refractivity contribution is 0.0329. The summed E-state index contributed by atoms with van der Waals surface area (Å²) >= 11 is 0. The first-order valence-corrected chi connectivity index (χ1v) is 7.42. The summed E-state index contributed by atoms with van der Waals surface area (Å²) in [5, 5.41) is 9.18. The van der Waals surface area contributed by atoms with Gasteiger partial charge in [-0.2, -0.15) is 0 Å². The van der Waals surface area contributed by atoms with Crippen LogP contribution in [0, 0.1) is 20.8 Å². The normalized spacial score (nSPS) is 11.8. The molecule has 0 aromatic heterocycles. The SMILES string of the molecule is Cc1cc(C)c([C@@H](C)OC(=O)c2ccccc2C(=O)O)c(C)c1. The molecule has 23 heavy (non-hydrogen) atoms. The standard InChI is InChI=1S/C19H20O4/c1-11-9-12(2)17(13(3)10-11)14(4)23-19(22)16-8-6-5-7-15(16)18(20)21/h5-10,14H,1-4H3,(H,20,21)/t14-/m1/s1. The van der Waals surface area contributed by atoms with Gasteiger partial charge < -0.3 is 9.84 Å². The molecule has 0 saturated heterocycles. The van der Waals surface area contributed by atoms with Gasteiger partial charge in [0.05, 0.1) is 11.1 Å². The van der Waals surface area contributed by atoms with Crippen LogP contribution < -0.4 is 0 Å². The predicted octanol–water partition coefficient (Wildman–Crippen LogP) is 4.23. The van der Waals surface area contributed by atoms with E-state index < -0.39 is 18.0 Å². The second-order valence-corrected chi connectivity index (χ2v) is 5.71. The minimum Gasteiger partial charge on any atom is -0.478 e. The predicted molar refractivity (Wildman–Crippen MR) is 87.9 cm³/mol. The number of rotatable bonds is 4. The number of aromatic carboxylic acids is 1. The molecule has 0 saturated carbocycles. The van der Waals surface area contributed by atoms with Gasteiger partial charge in [-0.05, 0) is 56.5 Å². The van der Waals surface area contributed by atoms with E-state index in [1.165, 1.54) is 12.1 Å². The zero-order valence-electron chi connectivity index (χ0n) is 13.7. The van der Waals surface area contributed by atoms with Crippen LogP contribution >= 0.6 is 0 Å². The molecule has 2 aromatic rings. The third-order valence-corrected chi connectivity index (χ3v) is 3.81. The number of esters is 1. The molecule has 4 nitrogen and oxygen atoms in total. The molecule has 0 heterocycles. The van der Waals surface area contributed by atoms with Crippen molar-refractivity contribution in [3.63, 3.8) is 0 Å². The second kappa shape index (κ2) is 6.65. The summed E-state index contributed by atoms with van der Waals surface area (Å²) in [6.45, 7) is 7.77. The van der Waals surface area contributed by atoms with Gasteiger partial charge in [-0.25, -0.2) is 9.59 Å². The Kier molecular flexibility index (Phi) is 4.84. The topological polar surface area (TPSA) is 63.6 Å². The van der Waals surface area contributed by atoms with Crippen LogP contribution in [0.25, 0.3) is 0 Å². The molecule has 2 aromatic carbocycles. The molecule has 0 amide bonds. The van der Waals surface area contributed by atoms with Gasteiger partial charge >= 0.3 is 11.9 Å². The largest absolute Gasteiger partial charge is 0.478 e. The zero-order chi connectivity index (χ0) is 17.1. The lowest BCUT2D eigenvalue weighted by atomic mass is 9.96. The first-order chi connectivity index (χ1) is 10.8. The van der Waals surface area contributed by atoms with Crippen molar-refractivity contribution in [1.29, 1.82) is 0 Å². The number of ether oxygens (including phenoxy) is 1. The molecule has 0 unspecified atom stereocenters. The number of carbonyl (C=O) groups is 2. The van der Waals surface area contributed by atoms with E-state index in [-0.39, 0.29) is 11.1 Å². The lowest BCUT2D eigenvalue weighted by Crippen LogP contribution is -2.15. The van der Waals surface area contributed by atoms with E-state index in [1.54, 1.807) is 19.1 Å². The minimum atomic E-state index is -1.15. The highest BCUT2D eigenvalue weighted by Gasteiger charge is 2.21. The Hall–Kier alpha value is -2.62. The molecule has 120 valence electrons. The molecular formula is C19H20O4. The van der Waals surface area contributed by atoms with E-state index >= 15 is 0 Å². The number of benzene rings is 2. The van der Waals surface area contributed by atoms with E-state index in [9.17, 15) is 14.7 Å². The highest BCUT2D eigenvalue weighted by molar-refractivity contribution is 6.02. The molecule has 1 atom stereocenters. The molecule has 0 radical (unpaired) electrons. The molecular weight excluding hydrogens is 292 g/mol. The third-order valence-electron chi connectivity index (χ3n) is 3.81. The Morgan fingerprint density at radius 2 is 1.52 bits per heavy atom. The Balaban J connectivity index is 2.30. The van der Waals surface area contributed by atoms with Gasteiger partial charge in [-0.15, -0.1) is 0 Å². The van der Waals surface area contributed by atoms with Crippen LogP contribution in [-0.4, -0.2) is 17.0 Å². The van der Waals surface area contributed by atoms with Crippen LogP contribution in [0.1, 0.15) is 56.0 Å². The van der Waals surface area contributed by atoms with Crippen molar-refractivity contribution < 1.29 is 19.4 Å². The van der Waals surface area contributed by atoms with E-state index in [0.29, 0.717) is 0 Å². The third kappa shape index (κ3) is 3.59. The van der Waals surface area contributed by atoms with Crippen LogP contribution in [0.4, 0.5) is 0 Å². The summed E-state index contributed by atoms with van der Waals surface area (Å²) in [6, 6.07) is 10.1. The van der Waals surface area contributed by atoms with Crippen LogP contribution in [-0.2, 0) is 4.74 Å². The van der Waals surface area contributed by atoms with E-state index in [2.05, 4.69) is 0 Å². The van der Waals surface area contributed by atoms with Crippen molar-refractivity contribution >= 4 is 11.9 Å². The van der Waals surface area contributed by atoms with Crippen LogP contribution in [0.2, 0.25) is 0 Å². The first-order valence-electron chi connectivity index (χ1n) is 7.42. The fourth-order valence-electron chi connectivity index (χ4n) is 2.96. The summed E-state index contributed by atoms with van der Waals surface area (Å²) < 4.78 is 5.51. The summed E-state index contributed by atoms with van der Waals surface area (Å²) in [5.41, 5.74) is 4.22. The Bertz CT molecular complexity index is 739. The van der Waals surface area contributed by atoms with Gasteiger partial charge in [0.25, 0.3) is 0 Å². The fourth-order valence-corrected chi connectivity index (χ4v) is 2.96. The Morgan fingerprint density at radius 1 is 1.00 bits per heavy atom. The van der Waals surface area contributed by atoms with Gasteiger partial charge in [0, 0.05) is 0 Å². The number of carboxylic acids is 1. The maximum Gasteiger partial charge on any atom is 0.339 e. The Morgan fingerprint density at radius 3 is 2.04 bits per heavy atom. The lowest BCUT2D eigenvalue weighted by Gasteiger charge is -2.19. The van der Waals surface area contributed by atoms with Crippen molar-refractivity contribution in [2.45, 2.75) is 33.8 Å². The maximum atomic E-state index is 12.4. The van der Waals surface area contributed by atoms with Crippen molar-refractivity contribution in [2.75, 3.05) is 0 Å². The van der Waals surface area contributed by atoms with Gasteiger partial charge in [0.15, 0.2) is 0 Å². The quantitative estimate of drug-likeness (QED) is 0.858. The highest BCUT2D eigenvalue weighted by Crippen LogP contribution is 2.27. The van der Waals surface area contributed by atoms with Gasteiger partial charge in [-0.3, -0.25) is 0 Å². The van der Waals surface area contributed by atoms with Crippen molar-refractivity contribution in [3.05, 3.63) is 69.8 Å². The van der Waals surface area contributed by atoms with Gasteiger partial charge in [0.1, 0.15) is 6.10 Å². The van der Waals surface area contributed by atoms with Crippen molar-refractivity contribution in [2.24, 2.45) is 0 Å². The summed E-state index contributed by atoms with van der Waals surface area (Å²) in [7, 11) is 0. The minimum absolute atomic E-state index is 0.0537. The van der Waals surface area contributed by atoms with Crippen LogP contribution in [0.15, 0.2) is 36.4 Å². The summed E-state index contributed by atoms with van der Waals surface area (Å²) in [5.74, 6) is -1.78. The number of carboxylic acid groups (broad SMARTS) is 1. The molecule has 0 fully saturated rings.